The number of terminal acetylenes is 1. The van der Waals surface area contributed by atoms with Gasteiger partial charge in [-0.15, -0.1) is 6.42 Å². The Morgan fingerprint density at radius 2 is 1.83 bits per heavy atom. The molecule has 0 spiro atoms. The first-order valence-corrected chi connectivity index (χ1v) is 14.9. The lowest BCUT2D eigenvalue weighted by molar-refractivity contribution is -0.161. The summed E-state index contributed by atoms with van der Waals surface area (Å²) >= 11 is 0. The number of imidazole rings is 1. The second-order valence-electron chi connectivity index (χ2n) is 11.1. The number of hydrogen-bond acceptors (Lipinski definition) is 9. The number of carbonyl (C=O) groups is 2. The highest BCUT2D eigenvalue weighted by molar-refractivity contribution is 5.84. The van der Waals surface area contributed by atoms with Crippen LogP contribution in [0.1, 0.15) is 110 Å². The second kappa shape index (κ2) is 15.8. The molecule has 226 valence electrons. The van der Waals surface area contributed by atoms with Gasteiger partial charge in [0, 0.05) is 19.3 Å². The van der Waals surface area contributed by atoms with Gasteiger partial charge >= 0.3 is 12.0 Å². The van der Waals surface area contributed by atoms with Gasteiger partial charge in [-0.1, -0.05) is 84.0 Å². The number of fused-ring (bicyclic) bond motifs is 1. The van der Waals surface area contributed by atoms with E-state index < -0.39 is 42.5 Å². The smallest absolute Gasteiger partial charge is 0.312 e. The van der Waals surface area contributed by atoms with E-state index in [1.54, 1.807) is 6.92 Å². The Labute approximate surface area is 241 Å². The highest BCUT2D eigenvalue weighted by Crippen LogP contribution is 2.38. The minimum Gasteiger partial charge on any atom is -0.461 e. The van der Waals surface area contributed by atoms with Crippen LogP contribution in [-0.2, 0) is 19.1 Å². The molecule has 10 nitrogen and oxygen atoms in total. The summed E-state index contributed by atoms with van der Waals surface area (Å²) < 4.78 is 26.5. The highest BCUT2D eigenvalue weighted by Gasteiger charge is 2.49. The Morgan fingerprint density at radius 1 is 1.20 bits per heavy atom. The zero-order valence-electron chi connectivity index (χ0n) is 24.3. The number of rotatable bonds is 18. The number of nitrogens with two attached hydrogens (primary N) is 1. The average molecular weight is 574 g/mol. The molecule has 3 N–H and O–H groups in total. The van der Waals surface area contributed by atoms with Crippen LogP contribution in [0.25, 0.3) is 11.2 Å². The van der Waals surface area contributed by atoms with Crippen molar-refractivity contribution in [1.29, 1.82) is 0 Å². The number of esters is 1. The Balaban J connectivity index is 1.39. The lowest BCUT2D eigenvalue weighted by atomic mass is 9.98. The van der Waals surface area contributed by atoms with Gasteiger partial charge in [-0.05, 0) is 6.42 Å². The molecular weight excluding hydrogens is 529 g/mol. The van der Waals surface area contributed by atoms with Crippen LogP contribution in [0.4, 0.5) is 10.2 Å². The van der Waals surface area contributed by atoms with E-state index >= 15 is 0 Å². The van der Waals surface area contributed by atoms with Gasteiger partial charge in [0.05, 0.1) is 12.2 Å². The van der Waals surface area contributed by atoms with E-state index in [9.17, 15) is 19.1 Å². The molecule has 1 aliphatic rings. The molecule has 0 aromatic carbocycles. The molecule has 2 aromatic heterocycles. The fourth-order valence-corrected chi connectivity index (χ4v) is 5.18. The van der Waals surface area contributed by atoms with Crippen molar-refractivity contribution in [1.82, 2.24) is 19.5 Å². The predicted octanol–water partition coefficient (Wildman–Crippen LogP) is 5.04. The number of hydrogen-bond donors (Lipinski definition) is 2. The Morgan fingerprint density at radius 3 is 2.46 bits per heavy atom. The molecule has 1 aliphatic heterocycles. The van der Waals surface area contributed by atoms with Gasteiger partial charge in [0.2, 0.25) is 0 Å². The summed E-state index contributed by atoms with van der Waals surface area (Å²) in [5.41, 5.74) is 4.36. The van der Waals surface area contributed by atoms with Crippen LogP contribution in [-0.4, -0.2) is 54.7 Å². The van der Waals surface area contributed by atoms with E-state index in [0.29, 0.717) is 6.42 Å². The van der Waals surface area contributed by atoms with Gasteiger partial charge in [-0.25, -0.2) is 4.98 Å². The zero-order valence-corrected chi connectivity index (χ0v) is 24.3. The van der Waals surface area contributed by atoms with Crippen molar-refractivity contribution in [3.05, 3.63) is 12.4 Å². The van der Waals surface area contributed by atoms with Crippen molar-refractivity contribution in [2.45, 2.75) is 122 Å². The molecule has 0 radical (unpaired) electrons. The van der Waals surface area contributed by atoms with Crippen LogP contribution in [0.5, 0.6) is 0 Å². The van der Waals surface area contributed by atoms with Crippen LogP contribution in [0, 0.1) is 24.3 Å². The lowest BCUT2D eigenvalue weighted by Gasteiger charge is -2.26. The molecule has 1 saturated heterocycles. The maximum atomic E-state index is 13.7. The van der Waals surface area contributed by atoms with Gasteiger partial charge in [0.25, 0.3) is 0 Å². The summed E-state index contributed by atoms with van der Waals surface area (Å²) in [4.78, 5) is 36.4. The van der Waals surface area contributed by atoms with Crippen LogP contribution >= 0.6 is 0 Å². The molecule has 3 rings (SSSR count). The van der Waals surface area contributed by atoms with Crippen molar-refractivity contribution in [3.8, 4) is 12.3 Å². The summed E-state index contributed by atoms with van der Waals surface area (Å²) in [6.07, 6.45) is 17.8. The SMILES string of the molecule is C#C[C@]1(COC(=O)[C@H](C)CC(=O)CCCCCCCCCCCCC)O[C@@H](n2cnc3c(N)nc(F)nc32)C[C@@H]1O. The minimum absolute atomic E-state index is 0.0196. The Bertz CT molecular complexity index is 1200. The van der Waals surface area contributed by atoms with Crippen LogP contribution in [0.2, 0.25) is 0 Å². The molecule has 1 fully saturated rings. The topological polar surface area (TPSA) is 142 Å². The van der Waals surface area contributed by atoms with E-state index in [-0.39, 0.29) is 35.6 Å². The number of nitrogen functional groups attached to an aromatic ring is 1. The molecule has 0 aliphatic carbocycles. The minimum atomic E-state index is -1.63. The zero-order chi connectivity index (χ0) is 29.8. The third-order valence-corrected chi connectivity index (χ3v) is 7.71. The van der Waals surface area contributed by atoms with E-state index in [4.69, 9.17) is 21.6 Å². The summed E-state index contributed by atoms with van der Waals surface area (Å²) in [6.45, 7) is 3.45. The number of unbranched alkanes of at least 4 members (excludes halogenated alkanes) is 10. The number of halogens is 1. The van der Waals surface area contributed by atoms with Crippen LogP contribution < -0.4 is 5.73 Å². The van der Waals surface area contributed by atoms with Crippen molar-refractivity contribution in [3.63, 3.8) is 0 Å². The summed E-state index contributed by atoms with van der Waals surface area (Å²) in [7, 11) is 0. The monoisotopic (exact) mass is 573 g/mol. The molecule has 3 heterocycles. The van der Waals surface area contributed by atoms with E-state index in [1.807, 2.05) is 0 Å². The number of ketones is 1. The first kappa shape index (κ1) is 32.4. The van der Waals surface area contributed by atoms with Crippen LogP contribution in [0.15, 0.2) is 6.33 Å². The lowest BCUT2D eigenvalue weighted by Crippen LogP contribution is -2.43. The first-order chi connectivity index (χ1) is 19.7. The largest absolute Gasteiger partial charge is 0.461 e. The number of aliphatic hydroxyl groups is 1. The standard InChI is InChI=1S/C30H44FN5O5/c1-4-6-7-8-9-10-11-12-13-14-15-16-22(37)17-21(3)28(39)40-19-30(5-2)23(38)18-24(41-30)36-20-33-25-26(32)34-29(31)35-27(25)36/h2,20-21,23-24,38H,4,6-19H2,1,3H3,(H2,32,34,35)/t21-,23+,24-,30-/m1/s1. The maximum Gasteiger partial charge on any atom is 0.312 e. The van der Waals surface area contributed by atoms with Crippen molar-refractivity contribution in [2.24, 2.45) is 5.92 Å². The van der Waals surface area contributed by atoms with Crippen molar-refractivity contribution >= 4 is 28.7 Å². The molecule has 41 heavy (non-hydrogen) atoms. The van der Waals surface area contributed by atoms with E-state index in [0.717, 1.165) is 19.3 Å². The van der Waals surface area contributed by atoms with Crippen LogP contribution in [0.3, 0.4) is 0 Å². The highest BCUT2D eigenvalue weighted by atomic mass is 19.1. The van der Waals surface area contributed by atoms with Crippen molar-refractivity contribution < 1.29 is 28.6 Å². The number of carbonyl (C=O) groups excluding carboxylic acids is 2. The van der Waals surface area contributed by atoms with Gasteiger partial charge < -0.3 is 20.3 Å². The third-order valence-electron chi connectivity index (χ3n) is 7.71. The summed E-state index contributed by atoms with van der Waals surface area (Å²) in [6, 6.07) is 0. The predicted molar refractivity (Wildman–Crippen MR) is 153 cm³/mol. The Kier molecular flexibility index (Phi) is 12.5. The number of Topliss-reactive ketones (excluding diaryl/α,β-unsaturated/α-hetero) is 1. The molecule has 0 amide bonds. The molecular formula is C30H44FN5O5. The molecule has 2 aromatic rings. The average Bonchev–Trinajstić information content (AvgIpc) is 3.51. The van der Waals surface area contributed by atoms with E-state index in [2.05, 4.69) is 27.8 Å². The second-order valence-corrected chi connectivity index (χ2v) is 11.1. The first-order valence-electron chi connectivity index (χ1n) is 14.9. The molecule has 4 atom stereocenters. The molecule has 11 heteroatoms. The molecule has 0 unspecified atom stereocenters. The fourth-order valence-electron chi connectivity index (χ4n) is 5.18. The third kappa shape index (κ3) is 8.94. The number of nitrogens with zero attached hydrogens (tertiary/aromatic N) is 4. The Hall–Kier alpha value is -3.10. The van der Waals surface area contributed by atoms with Gasteiger partial charge in [0.15, 0.2) is 22.6 Å². The number of aromatic nitrogens is 4. The normalized spacial score (nSPS) is 21.1. The van der Waals surface area contributed by atoms with Gasteiger partial charge in [-0.2, -0.15) is 14.4 Å². The summed E-state index contributed by atoms with van der Waals surface area (Å²) in [5, 5.41) is 10.7. The van der Waals surface area contributed by atoms with Gasteiger partial charge in [-0.3, -0.25) is 14.2 Å². The number of ether oxygens (including phenoxy) is 2. The number of aliphatic hydroxyl groups excluding tert-OH is 1. The summed E-state index contributed by atoms with van der Waals surface area (Å²) in [5.74, 6) is 1.05. The number of anilines is 1. The molecule has 0 bridgehead atoms. The fraction of sp³-hybridized carbons (Fsp3) is 0.700. The maximum absolute atomic E-state index is 13.7. The molecule has 0 saturated carbocycles. The van der Waals surface area contributed by atoms with Gasteiger partial charge in [0.1, 0.15) is 24.7 Å². The van der Waals surface area contributed by atoms with Crippen molar-refractivity contribution in [2.75, 3.05) is 12.3 Å². The van der Waals surface area contributed by atoms with E-state index in [1.165, 1.54) is 62.3 Å². The quantitative estimate of drug-likeness (QED) is 0.109.